The van der Waals surface area contributed by atoms with E-state index in [9.17, 15) is 0 Å². The van der Waals surface area contributed by atoms with E-state index in [-0.39, 0.29) is 5.04 Å². The first-order valence-corrected chi connectivity index (χ1v) is 8.86. The monoisotopic (exact) mass is 256 g/mol. The van der Waals surface area contributed by atoms with Gasteiger partial charge in [-0.1, -0.05) is 20.8 Å². The van der Waals surface area contributed by atoms with Crippen LogP contribution in [0.5, 0.6) is 0 Å². The Hall–Kier alpha value is -0.783. The topological polar surface area (TPSA) is 60.4 Å². The van der Waals surface area contributed by atoms with Crippen LogP contribution in [0.25, 0.3) is 0 Å². The fourth-order valence-electron chi connectivity index (χ4n) is 1.28. The second-order valence-electron chi connectivity index (χ2n) is 5.76. The molecule has 0 unspecified atom stereocenters. The Kier molecular flexibility index (Phi) is 4.40. The molecule has 17 heavy (non-hydrogen) atoms. The van der Waals surface area contributed by atoms with E-state index < -0.39 is 8.32 Å². The summed E-state index contributed by atoms with van der Waals surface area (Å²) in [6.07, 6.45) is 2.38. The normalized spacial score (nSPS) is 12.8. The predicted molar refractivity (Wildman–Crippen MR) is 73.4 cm³/mol. The molecule has 0 fully saturated rings. The predicted octanol–water partition coefficient (Wildman–Crippen LogP) is 3.13. The van der Waals surface area contributed by atoms with E-state index in [0.29, 0.717) is 6.61 Å². The van der Waals surface area contributed by atoms with Crippen molar-refractivity contribution in [2.75, 3.05) is 12.0 Å². The molecule has 0 aliphatic heterocycles. The van der Waals surface area contributed by atoms with Gasteiger partial charge in [0.25, 0.3) is 0 Å². The molecule has 5 heteroatoms. The number of nitrogens with one attached hydrogen (secondary N) is 1. The Morgan fingerprint density at radius 2 is 2.06 bits per heavy atom. The molecule has 1 rings (SSSR count). The van der Waals surface area contributed by atoms with Gasteiger partial charge in [0.2, 0.25) is 0 Å². The van der Waals surface area contributed by atoms with Crippen LogP contribution in [0.15, 0.2) is 16.7 Å². The number of hydrogen-bond acceptors (Lipinski definition) is 4. The summed E-state index contributed by atoms with van der Waals surface area (Å²) in [6, 6.07) is 1.82. The zero-order valence-electron chi connectivity index (χ0n) is 11.5. The number of anilines is 1. The lowest BCUT2D eigenvalue weighted by molar-refractivity contribution is 0.282. The van der Waals surface area contributed by atoms with E-state index in [1.165, 1.54) is 0 Å². The maximum Gasteiger partial charge on any atom is 0.191 e. The van der Waals surface area contributed by atoms with Gasteiger partial charge in [-0.3, -0.25) is 5.84 Å². The molecular formula is C12H24N2O2Si. The van der Waals surface area contributed by atoms with Crippen molar-refractivity contribution >= 4 is 14.0 Å². The van der Waals surface area contributed by atoms with Crippen molar-refractivity contribution < 1.29 is 8.84 Å². The van der Waals surface area contributed by atoms with Crippen LogP contribution in [0.4, 0.5) is 5.69 Å². The lowest BCUT2D eigenvalue weighted by Gasteiger charge is -2.36. The summed E-state index contributed by atoms with van der Waals surface area (Å²) in [4.78, 5) is 0. The smallest absolute Gasteiger partial charge is 0.191 e. The van der Waals surface area contributed by atoms with Gasteiger partial charge in [0.15, 0.2) is 8.32 Å². The third-order valence-electron chi connectivity index (χ3n) is 3.50. The van der Waals surface area contributed by atoms with Gasteiger partial charge in [0.05, 0.1) is 12.0 Å². The first-order chi connectivity index (χ1) is 7.78. The minimum Gasteiger partial charge on any atom is -0.467 e. The molecule has 0 aliphatic carbocycles. The molecule has 0 aliphatic rings. The van der Waals surface area contributed by atoms with E-state index in [4.69, 9.17) is 14.7 Å². The highest BCUT2D eigenvalue weighted by molar-refractivity contribution is 6.74. The van der Waals surface area contributed by atoms with Gasteiger partial charge < -0.3 is 14.3 Å². The van der Waals surface area contributed by atoms with E-state index in [2.05, 4.69) is 39.3 Å². The fourth-order valence-corrected chi connectivity index (χ4v) is 2.32. The molecule has 0 spiro atoms. The molecule has 0 amide bonds. The van der Waals surface area contributed by atoms with Crippen molar-refractivity contribution in [2.24, 2.45) is 5.84 Å². The minimum atomic E-state index is -1.66. The SMILES string of the molecule is CC(C)(C)[Si](C)(C)OCCc1occc1NN. The van der Waals surface area contributed by atoms with Crippen LogP contribution in [-0.2, 0) is 10.8 Å². The third-order valence-corrected chi connectivity index (χ3v) is 8.04. The summed E-state index contributed by atoms with van der Waals surface area (Å²) in [6.45, 7) is 11.9. The van der Waals surface area contributed by atoms with Crippen molar-refractivity contribution in [1.29, 1.82) is 0 Å². The maximum atomic E-state index is 6.08. The number of furan rings is 1. The fraction of sp³-hybridized carbons (Fsp3) is 0.667. The van der Waals surface area contributed by atoms with Gasteiger partial charge in [-0.2, -0.15) is 0 Å². The average Bonchev–Trinajstić information content (AvgIpc) is 2.63. The van der Waals surface area contributed by atoms with E-state index in [1.807, 2.05) is 6.07 Å². The number of nitrogens with two attached hydrogens (primary N) is 1. The van der Waals surface area contributed by atoms with Crippen molar-refractivity contribution in [3.8, 4) is 0 Å². The van der Waals surface area contributed by atoms with Crippen molar-refractivity contribution in [3.63, 3.8) is 0 Å². The first kappa shape index (κ1) is 14.3. The third kappa shape index (κ3) is 3.59. The highest BCUT2D eigenvalue weighted by Gasteiger charge is 2.36. The second kappa shape index (κ2) is 5.24. The maximum absolute atomic E-state index is 6.08. The van der Waals surface area contributed by atoms with Crippen LogP contribution in [0, 0.1) is 0 Å². The quantitative estimate of drug-likeness (QED) is 0.483. The summed E-state index contributed by atoms with van der Waals surface area (Å²) in [7, 11) is -1.66. The second-order valence-corrected chi connectivity index (χ2v) is 10.6. The zero-order valence-corrected chi connectivity index (χ0v) is 12.5. The lowest BCUT2D eigenvalue weighted by atomic mass is 10.2. The standard InChI is InChI=1S/C12H24N2O2Si/c1-12(2,3)17(4,5)16-9-7-11-10(14-13)6-8-15-11/h6,8,14H,7,9,13H2,1-5H3. The molecule has 0 bridgehead atoms. The molecule has 3 N–H and O–H groups in total. The molecular weight excluding hydrogens is 232 g/mol. The summed E-state index contributed by atoms with van der Waals surface area (Å²) < 4.78 is 11.4. The van der Waals surface area contributed by atoms with Gasteiger partial charge in [-0.25, -0.2) is 0 Å². The Morgan fingerprint density at radius 3 is 2.59 bits per heavy atom. The molecule has 0 atom stereocenters. The van der Waals surface area contributed by atoms with Gasteiger partial charge >= 0.3 is 0 Å². The van der Waals surface area contributed by atoms with E-state index >= 15 is 0 Å². The summed E-state index contributed by atoms with van der Waals surface area (Å²) in [5, 5.41) is 0.241. The molecule has 1 heterocycles. The summed E-state index contributed by atoms with van der Waals surface area (Å²) >= 11 is 0. The molecule has 1 aromatic rings. The highest BCUT2D eigenvalue weighted by Crippen LogP contribution is 2.36. The van der Waals surface area contributed by atoms with Gasteiger partial charge in [0.1, 0.15) is 5.76 Å². The molecule has 0 saturated heterocycles. The molecule has 4 nitrogen and oxygen atoms in total. The largest absolute Gasteiger partial charge is 0.467 e. The number of hydrogen-bond donors (Lipinski definition) is 2. The number of hydrazine groups is 1. The Balaban J connectivity index is 2.48. The summed E-state index contributed by atoms with van der Waals surface area (Å²) in [5.41, 5.74) is 3.45. The highest BCUT2D eigenvalue weighted by atomic mass is 28.4. The Labute approximate surface area is 105 Å². The first-order valence-electron chi connectivity index (χ1n) is 5.95. The molecule has 0 aromatic carbocycles. The molecule has 98 valence electrons. The van der Waals surface area contributed by atoms with Crippen molar-refractivity contribution in [1.82, 2.24) is 0 Å². The Morgan fingerprint density at radius 1 is 1.41 bits per heavy atom. The van der Waals surface area contributed by atoms with Crippen LogP contribution in [0.2, 0.25) is 18.1 Å². The lowest BCUT2D eigenvalue weighted by Crippen LogP contribution is -2.41. The van der Waals surface area contributed by atoms with Crippen LogP contribution in [-0.4, -0.2) is 14.9 Å². The minimum absolute atomic E-state index is 0.241. The van der Waals surface area contributed by atoms with Gasteiger partial charge in [-0.15, -0.1) is 0 Å². The van der Waals surface area contributed by atoms with E-state index in [1.54, 1.807) is 6.26 Å². The van der Waals surface area contributed by atoms with Crippen LogP contribution in [0.3, 0.4) is 0 Å². The van der Waals surface area contributed by atoms with Crippen LogP contribution < -0.4 is 11.3 Å². The van der Waals surface area contributed by atoms with Crippen LogP contribution >= 0.6 is 0 Å². The van der Waals surface area contributed by atoms with Crippen LogP contribution in [0.1, 0.15) is 26.5 Å². The average molecular weight is 256 g/mol. The molecule has 1 aromatic heterocycles. The van der Waals surface area contributed by atoms with Crippen molar-refractivity contribution in [3.05, 3.63) is 18.1 Å². The summed E-state index contributed by atoms with van der Waals surface area (Å²) in [5.74, 6) is 6.23. The molecule has 0 saturated carbocycles. The van der Waals surface area contributed by atoms with Crippen molar-refractivity contribution in [2.45, 2.75) is 45.3 Å². The number of rotatable bonds is 5. The van der Waals surface area contributed by atoms with Gasteiger partial charge in [-0.05, 0) is 18.1 Å². The zero-order chi connectivity index (χ0) is 13.1. The van der Waals surface area contributed by atoms with Gasteiger partial charge in [0, 0.05) is 19.1 Å². The van der Waals surface area contributed by atoms with E-state index in [0.717, 1.165) is 17.9 Å². The number of nitrogen functional groups attached to an aromatic ring is 1. The molecule has 0 radical (unpaired) electrons. The Bertz CT molecular complexity index is 356.